The van der Waals surface area contributed by atoms with E-state index in [0.29, 0.717) is 18.2 Å². The Hall–Kier alpha value is -1.01. The minimum absolute atomic E-state index is 0. The van der Waals surface area contributed by atoms with Crippen LogP contribution in [0, 0.1) is 5.82 Å². The normalized spacial score (nSPS) is 15.1. The molecule has 1 N–H and O–H groups in total. The van der Waals surface area contributed by atoms with Gasteiger partial charge in [0.2, 0.25) is 0 Å². The Morgan fingerprint density at radius 3 is 2.44 bits per heavy atom. The van der Waals surface area contributed by atoms with Gasteiger partial charge >= 0.3 is 6.36 Å². The summed E-state index contributed by atoms with van der Waals surface area (Å²) < 4.78 is 52.4. The number of hydrogen-bond donors (Lipinski definition) is 1. The maximum atomic E-state index is 13.3. The van der Waals surface area contributed by atoms with Crippen LogP contribution in [0.3, 0.4) is 0 Å². The van der Waals surface area contributed by atoms with Crippen LogP contribution in [-0.2, 0) is 6.54 Å². The Kier molecular flexibility index (Phi) is 4.81. The molecular weight excluding hydrogens is 274 g/mol. The highest BCUT2D eigenvalue weighted by molar-refractivity contribution is 5.85. The zero-order chi connectivity index (χ0) is 12.5. The van der Waals surface area contributed by atoms with E-state index in [1.165, 1.54) is 6.07 Å². The lowest BCUT2D eigenvalue weighted by atomic mass is 10.2. The number of ether oxygens (including phenoxy) is 1. The van der Waals surface area contributed by atoms with E-state index >= 15 is 0 Å². The van der Waals surface area contributed by atoms with Crippen LogP contribution < -0.4 is 10.1 Å². The van der Waals surface area contributed by atoms with Gasteiger partial charge in [0, 0.05) is 12.6 Å². The van der Waals surface area contributed by atoms with E-state index in [1.807, 2.05) is 0 Å². The van der Waals surface area contributed by atoms with Gasteiger partial charge < -0.3 is 10.1 Å². The summed E-state index contributed by atoms with van der Waals surface area (Å²) in [6, 6.07) is 3.92. The third kappa shape index (κ3) is 4.70. The second-order valence-electron chi connectivity index (χ2n) is 3.97. The van der Waals surface area contributed by atoms with Gasteiger partial charge in [-0.15, -0.1) is 25.6 Å². The minimum Gasteiger partial charge on any atom is -0.403 e. The first-order chi connectivity index (χ1) is 7.94. The van der Waals surface area contributed by atoms with Crippen molar-refractivity contribution in [1.82, 2.24) is 5.32 Å². The Balaban J connectivity index is 0.00000162. The summed E-state index contributed by atoms with van der Waals surface area (Å²) in [6.07, 6.45) is -2.68. The standard InChI is InChI=1S/C11H11F4NO.ClH/c12-9-5-7(6-16-8-2-3-8)1-4-10(9)17-11(13,14)15;/h1,4-5,8,16H,2-3,6H2;1H. The molecule has 1 fully saturated rings. The highest BCUT2D eigenvalue weighted by Gasteiger charge is 2.32. The van der Waals surface area contributed by atoms with Gasteiger partial charge in [-0.25, -0.2) is 4.39 Å². The van der Waals surface area contributed by atoms with Crippen molar-refractivity contribution in [3.8, 4) is 5.75 Å². The molecule has 1 saturated carbocycles. The molecule has 1 aromatic carbocycles. The molecule has 0 unspecified atom stereocenters. The van der Waals surface area contributed by atoms with Crippen LogP contribution in [0.2, 0.25) is 0 Å². The molecule has 0 atom stereocenters. The van der Waals surface area contributed by atoms with E-state index in [4.69, 9.17) is 0 Å². The number of benzene rings is 1. The smallest absolute Gasteiger partial charge is 0.403 e. The van der Waals surface area contributed by atoms with E-state index in [0.717, 1.165) is 25.0 Å². The first-order valence-corrected chi connectivity index (χ1v) is 5.21. The topological polar surface area (TPSA) is 21.3 Å². The van der Waals surface area contributed by atoms with Crippen molar-refractivity contribution in [3.05, 3.63) is 29.6 Å². The van der Waals surface area contributed by atoms with E-state index in [9.17, 15) is 17.6 Å². The van der Waals surface area contributed by atoms with Crippen LogP contribution in [0.15, 0.2) is 18.2 Å². The molecule has 2 rings (SSSR count). The fourth-order valence-corrected chi connectivity index (χ4v) is 1.41. The summed E-state index contributed by atoms with van der Waals surface area (Å²) in [5.74, 6) is -1.80. The molecular formula is C11H12ClF4NO. The zero-order valence-corrected chi connectivity index (χ0v) is 10.1. The fraction of sp³-hybridized carbons (Fsp3) is 0.455. The second-order valence-corrected chi connectivity index (χ2v) is 3.97. The molecule has 0 spiro atoms. The van der Waals surface area contributed by atoms with Crippen LogP contribution in [-0.4, -0.2) is 12.4 Å². The third-order valence-electron chi connectivity index (χ3n) is 2.39. The van der Waals surface area contributed by atoms with Crippen LogP contribution in [0.4, 0.5) is 17.6 Å². The van der Waals surface area contributed by atoms with Crippen molar-refractivity contribution < 1.29 is 22.3 Å². The van der Waals surface area contributed by atoms with E-state index in [2.05, 4.69) is 10.1 Å². The number of rotatable bonds is 4. The number of nitrogens with one attached hydrogen (secondary N) is 1. The first-order valence-electron chi connectivity index (χ1n) is 5.21. The number of hydrogen-bond acceptors (Lipinski definition) is 2. The minimum atomic E-state index is -4.87. The maximum absolute atomic E-state index is 13.3. The summed E-state index contributed by atoms with van der Waals surface area (Å²) in [5, 5.41) is 3.14. The van der Waals surface area contributed by atoms with Gasteiger partial charge in [0.25, 0.3) is 0 Å². The lowest BCUT2D eigenvalue weighted by Gasteiger charge is -2.10. The van der Waals surface area contributed by atoms with E-state index < -0.39 is 17.9 Å². The highest BCUT2D eigenvalue weighted by atomic mass is 35.5. The predicted octanol–water partition coefficient (Wildman–Crippen LogP) is 3.40. The van der Waals surface area contributed by atoms with Gasteiger partial charge in [0.15, 0.2) is 11.6 Å². The highest BCUT2D eigenvalue weighted by Crippen LogP contribution is 2.26. The zero-order valence-electron chi connectivity index (χ0n) is 9.26. The molecule has 0 bridgehead atoms. The van der Waals surface area contributed by atoms with Crippen LogP contribution in [0.25, 0.3) is 0 Å². The Bertz CT molecular complexity index is 407. The van der Waals surface area contributed by atoms with Crippen molar-refractivity contribution in [2.75, 3.05) is 0 Å². The summed E-state index contributed by atoms with van der Waals surface area (Å²) >= 11 is 0. The average Bonchev–Trinajstić information content (AvgIpc) is 3.00. The maximum Gasteiger partial charge on any atom is 0.573 e. The van der Waals surface area contributed by atoms with Crippen molar-refractivity contribution in [2.45, 2.75) is 31.8 Å². The first kappa shape index (κ1) is 15.0. The molecule has 7 heteroatoms. The van der Waals surface area contributed by atoms with Crippen molar-refractivity contribution in [2.24, 2.45) is 0 Å². The SMILES string of the molecule is Cl.Fc1cc(CNC2CC2)ccc1OC(F)(F)F. The van der Waals surface area contributed by atoms with Crippen LogP contribution in [0.1, 0.15) is 18.4 Å². The van der Waals surface area contributed by atoms with E-state index in [1.54, 1.807) is 0 Å². The molecule has 0 radical (unpaired) electrons. The monoisotopic (exact) mass is 285 g/mol. The largest absolute Gasteiger partial charge is 0.573 e. The molecule has 0 aliphatic heterocycles. The lowest BCUT2D eigenvalue weighted by molar-refractivity contribution is -0.275. The Morgan fingerprint density at radius 2 is 1.94 bits per heavy atom. The van der Waals surface area contributed by atoms with Gasteiger partial charge in [-0.3, -0.25) is 0 Å². The fourth-order valence-electron chi connectivity index (χ4n) is 1.41. The van der Waals surface area contributed by atoms with E-state index in [-0.39, 0.29) is 12.4 Å². The van der Waals surface area contributed by atoms with Gasteiger partial charge in [-0.2, -0.15) is 0 Å². The van der Waals surface area contributed by atoms with Crippen LogP contribution >= 0.6 is 12.4 Å². The summed E-state index contributed by atoms with van der Waals surface area (Å²) in [4.78, 5) is 0. The van der Waals surface area contributed by atoms with Gasteiger partial charge in [-0.1, -0.05) is 6.07 Å². The molecule has 1 aliphatic carbocycles. The van der Waals surface area contributed by atoms with Crippen molar-refractivity contribution in [1.29, 1.82) is 0 Å². The van der Waals surface area contributed by atoms with Crippen molar-refractivity contribution in [3.63, 3.8) is 0 Å². The Morgan fingerprint density at radius 1 is 1.28 bits per heavy atom. The number of halogens is 5. The second kappa shape index (κ2) is 5.75. The Labute approximate surface area is 108 Å². The molecule has 0 amide bonds. The molecule has 0 saturated heterocycles. The molecule has 0 heterocycles. The molecule has 0 aromatic heterocycles. The van der Waals surface area contributed by atoms with Gasteiger partial charge in [0.1, 0.15) is 0 Å². The average molecular weight is 286 g/mol. The van der Waals surface area contributed by atoms with Gasteiger partial charge in [0.05, 0.1) is 0 Å². The summed E-state index contributed by atoms with van der Waals surface area (Å²) in [5.41, 5.74) is 0.601. The predicted molar refractivity (Wildman–Crippen MR) is 60.2 cm³/mol. The van der Waals surface area contributed by atoms with Crippen LogP contribution in [0.5, 0.6) is 5.75 Å². The molecule has 1 aliphatic rings. The lowest BCUT2D eigenvalue weighted by Crippen LogP contribution is -2.18. The third-order valence-corrected chi connectivity index (χ3v) is 2.39. The number of alkyl halides is 3. The summed E-state index contributed by atoms with van der Waals surface area (Å²) in [7, 11) is 0. The molecule has 2 nitrogen and oxygen atoms in total. The van der Waals surface area contributed by atoms with Gasteiger partial charge in [-0.05, 0) is 30.5 Å². The summed E-state index contributed by atoms with van der Waals surface area (Å²) in [6.45, 7) is 0.452. The molecule has 102 valence electrons. The molecule has 18 heavy (non-hydrogen) atoms. The quantitative estimate of drug-likeness (QED) is 0.856. The molecule has 1 aromatic rings. The van der Waals surface area contributed by atoms with Crippen molar-refractivity contribution >= 4 is 12.4 Å².